The SMILES string of the molecule is BCc1ccccc1OC(CS(=O)(=O)O)C(F)(F)F. The normalized spacial score (nSPS) is 14.1. The van der Waals surface area contributed by atoms with E-state index in [0.29, 0.717) is 11.9 Å². The van der Waals surface area contributed by atoms with Crippen molar-refractivity contribution in [1.82, 2.24) is 0 Å². The highest BCUT2D eigenvalue weighted by molar-refractivity contribution is 7.85. The summed E-state index contributed by atoms with van der Waals surface area (Å²) in [4.78, 5) is 0. The van der Waals surface area contributed by atoms with Gasteiger partial charge in [-0.25, -0.2) is 0 Å². The molecule has 0 amide bonds. The van der Waals surface area contributed by atoms with E-state index in [2.05, 4.69) is 0 Å². The van der Waals surface area contributed by atoms with Crippen LogP contribution in [0.5, 0.6) is 5.75 Å². The fourth-order valence-electron chi connectivity index (χ4n) is 1.45. The average Bonchev–Trinajstić information content (AvgIpc) is 2.26. The zero-order valence-electron chi connectivity index (χ0n) is 10.0. The summed E-state index contributed by atoms with van der Waals surface area (Å²) < 4.78 is 72.5. The second-order valence-electron chi connectivity index (χ2n) is 3.86. The molecule has 19 heavy (non-hydrogen) atoms. The molecule has 1 atom stereocenters. The molecule has 9 heteroatoms. The van der Waals surface area contributed by atoms with Gasteiger partial charge in [-0.15, -0.1) is 0 Å². The second-order valence-corrected chi connectivity index (χ2v) is 5.36. The van der Waals surface area contributed by atoms with E-state index in [1.54, 1.807) is 20.0 Å². The smallest absolute Gasteiger partial charge is 0.426 e. The minimum atomic E-state index is -4.89. The standard InChI is InChI=1S/C10H12BF3O4S/c11-5-7-3-1-2-4-8(7)18-9(10(12,13)14)6-19(15,16)17/h1-4,9H,5-6,11H2,(H,15,16,17). The van der Waals surface area contributed by atoms with Gasteiger partial charge in [-0.2, -0.15) is 21.6 Å². The first-order chi connectivity index (χ1) is 8.63. The van der Waals surface area contributed by atoms with E-state index in [1.807, 2.05) is 0 Å². The van der Waals surface area contributed by atoms with Gasteiger partial charge in [-0.1, -0.05) is 24.5 Å². The van der Waals surface area contributed by atoms with Crippen LogP contribution in [0.2, 0.25) is 0 Å². The Labute approximate surface area is 109 Å². The highest BCUT2D eigenvalue weighted by Crippen LogP contribution is 2.28. The Hall–Kier alpha value is -1.22. The molecule has 1 aromatic rings. The van der Waals surface area contributed by atoms with E-state index in [0.717, 1.165) is 0 Å². The molecule has 0 saturated carbocycles. The molecule has 1 unspecified atom stereocenters. The van der Waals surface area contributed by atoms with Crippen molar-refractivity contribution in [2.75, 3.05) is 5.75 Å². The van der Waals surface area contributed by atoms with Gasteiger partial charge >= 0.3 is 6.18 Å². The Morgan fingerprint density at radius 3 is 2.37 bits per heavy atom. The minimum Gasteiger partial charge on any atom is -0.479 e. The highest BCUT2D eigenvalue weighted by atomic mass is 32.2. The van der Waals surface area contributed by atoms with Gasteiger partial charge < -0.3 is 4.74 Å². The van der Waals surface area contributed by atoms with Gasteiger partial charge in [0, 0.05) is 0 Å². The van der Waals surface area contributed by atoms with E-state index in [9.17, 15) is 21.6 Å². The van der Waals surface area contributed by atoms with Gasteiger partial charge in [0.15, 0.2) is 0 Å². The topological polar surface area (TPSA) is 63.6 Å². The van der Waals surface area contributed by atoms with Crippen LogP contribution in [-0.2, 0) is 16.4 Å². The summed E-state index contributed by atoms with van der Waals surface area (Å²) >= 11 is 0. The number of ether oxygens (including phenoxy) is 1. The molecule has 4 nitrogen and oxygen atoms in total. The molecule has 0 radical (unpaired) electrons. The Morgan fingerprint density at radius 1 is 1.32 bits per heavy atom. The summed E-state index contributed by atoms with van der Waals surface area (Å²) in [6.45, 7) is 0. The van der Waals surface area contributed by atoms with Gasteiger partial charge in [0.2, 0.25) is 6.10 Å². The number of halogens is 3. The van der Waals surface area contributed by atoms with Crippen molar-refractivity contribution >= 4 is 18.0 Å². The van der Waals surface area contributed by atoms with E-state index in [4.69, 9.17) is 9.29 Å². The lowest BCUT2D eigenvalue weighted by Crippen LogP contribution is -2.40. The molecular weight excluding hydrogens is 284 g/mol. The second kappa shape index (κ2) is 5.83. The molecule has 1 rings (SSSR count). The Kier molecular flexibility index (Phi) is 4.86. The van der Waals surface area contributed by atoms with E-state index < -0.39 is 28.2 Å². The van der Waals surface area contributed by atoms with Crippen molar-refractivity contribution in [3.05, 3.63) is 29.8 Å². The maximum absolute atomic E-state index is 12.7. The molecule has 0 heterocycles. The fraction of sp³-hybridized carbons (Fsp3) is 0.400. The van der Waals surface area contributed by atoms with Crippen LogP contribution < -0.4 is 4.74 Å². The van der Waals surface area contributed by atoms with Crippen molar-refractivity contribution in [2.24, 2.45) is 0 Å². The van der Waals surface area contributed by atoms with Crippen LogP contribution in [0.4, 0.5) is 13.2 Å². The van der Waals surface area contributed by atoms with Crippen molar-refractivity contribution in [3.63, 3.8) is 0 Å². The maximum Gasteiger partial charge on any atom is 0.426 e. The quantitative estimate of drug-likeness (QED) is 0.651. The highest BCUT2D eigenvalue weighted by Gasteiger charge is 2.44. The van der Waals surface area contributed by atoms with Gasteiger partial charge in [-0.05, 0) is 11.6 Å². The number of para-hydroxylation sites is 1. The summed E-state index contributed by atoms with van der Waals surface area (Å²) in [5.74, 6) is -1.58. The summed E-state index contributed by atoms with van der Waals surface area (Å²) in [7, 11) is -3.06. The van der Waals surface area contributed by atoms with Crippen LogP contribution in [-0.4, -0.2) is 38.8 Å². The van der Waals surface area contributed by atoms with E-state index >= 15 is 0 Å². The molecule has 0 aliphatic carbocycles. The van der Waals surface area contributed by atoms with Crippen molar-refractivity contribution in [1.29, 1.82) is 0 Å². The summed E-state index contributed by atoms with van der Waals surface area (Å²) in [5.41, 5.74) is 0.520. The monoisotopic (exact) mass is 296 g/mol. The lowest BCUT2D eigenvalue weighted by molar-refractivity contribution is -0.188. The number of rotatable bonds is 5. The Bertz CT molecular complexity index is 530. The molecule has 0 spiro atoms. The summed E-state index contributed by atoms with van der Waals surface area (Å²) in [6.07, 6.45) is -7.06. The first-order valence-electron chi connectivity index (χ1n) is 5.40. The molecule has 0 fully saturated rings. The molecule has 106 valence electrons. The number of benzene rings is 1. The number of alkyl halides is 3. The van der Waals surface area contributed by atoms with Crippen molar-refractivity contribution in [2.45, 2.75) is 18.6 Å². The van der Waals surface area contributed by atoms with E-state index in [1.165, 1.54) is 12.1 Å². The molecular formula is C10H12BF3O4S. The van der Waals surface area contributed by atoms with Gasteiger partial charge in [0.25, 0.3) is 10.1 Å². The van der Waals surface area contributed by atoms with Gasteiger partial charge in [0.1, 0.15) is 19.3 Å². The lowest BCUT2D eigenvalue weighted by atomic mass is 9.96. The summed E-state index contributed by atoms with van der Waals surface area (Å²) in [6, 6.07) is 6.02. The predicted molar refractivity (Wildman–Crippen MR) is 65.6 cm³/mol. The summed E-state index contributed by atoms with van der Waals surface area (Å²) in [5, 5.41) is 0. The van der Waals surface area contributed by atoms with Gasteiger partial charge in [0.05, 0.1) is 0 Å². The molecule has 0 aromatic heterocycles. The first kappa shape index (κ1) is 15.8. The average molecular weight is 296 g/mol. The van der Waals surface area contributed by atoms with Crippen LogP contribution >= 0.6 is 0 Å². The van der Waals surface area contributed by atoms with Crippen LogP contribution in [0, 0.1) is 0 Å². The van der Waals surface area contributed by atoms with Crippen LogP contribution in [0.1, 0.15) is 5.56 Å². The fourth-order valence-corrected chi connectivity index (χ4v) is 2.09. The van der Waals surface area contributed by atoms with Crippen molar-refractivity contribution in [3.8, 4) is 5.75 Å². The predicted octanol–water partition coefficient (Wildman–Crippen LogP) is 1.02. The Balaban J connectivity index is 3.01. The number of hydrogen-bond donors (Lipinski definition) is 1. The molecule has 1 N–H and O–H groups in total. The zero-order chi connectivity index (χ0) is 14.7. The van der Waals surface area contributed by atoms with Gasteiger partial charge in [-0.3, -0.25) is 4.55 Å². The maximum atomic E-state index is 12.7. The van der Waals surface area contributed by atoms with Crippen LogP contribution in [0.15, 0.2) is 24.3 Å². The number of hydrogen-bond acceptors (Lipinski definition) is 3. The molecule has 0 bridgehead atoms. The minimum absolute atomic E-state index is 0.0454. The third-order valence-electron chi connectivity index (χ3n) is 2.35. The largest absolute Gasteiger partial charge is 0.479 e. The third-order valence-corrected chi connectivity index (χ3v) is 3.07. The third kappa shape index (κ3) is 5.11. The Morgan fingerprint density at radius 2 is 1.89 bits per heavy atom. The molecule has 0 saturated heterocycles. The molecule has 0 aliphatic rings. The van der Waals surface area contributed by atoms with Crippen molar-refractivity contribution < 1.29 is 30.9 Å². The first-order valence-corrected chi connectivity index (χ1v) is 7.01. The van der Waals surface area contributed by atoms with Crippen LogP contribution in [0.3, 0.4) is 0 Å². The van der Waals surface area contributed by atoms with Crippen LogP contribution in [0.25, 0.3) is 0 Å². The van der Waals surface area contributed by atoms with E-state index in [-0.39, 0.29) is 5.75 Å². The molecule has 1 aromatic carbocycles. The lowest BCUT2D eigenvalue weighted by Gasteiger charge is -2.22. The zero-order valence-corrected chi connectivity index (χ0v) is 10.8. The molecule has 0 aliphatic heterocycles.